The summed E-state index contributed by atoms with van der Waals surface area (Å²) in [5, 5.41) is 8.96. The third-order valence-electron chi connectivity index (χ3n) is 3.67. The lowest BCUT2D eigenvalue weighted by Gasteiger charge is -2.17. The van der Waals surface area contributed by atoms with Crippen molar-refractivity contribution in [3.05, 3.63) is 24.0 Å². The number of hydrogen-bond acceptors (Lipinski definition) is 4. The van der Waals surface area contributed by atoms with E-state index in [0.717, 1.165) is 17.0 Å². The number of anilines is 1. The van der Waals surface area contributed by atoms with E-state index >= 15 is 0 Å². The Morgan fingerprint density at radius 2 is 2.09 bits per heavy atom. The number of oxazole rings is 1. The Hall–Kier alpha value is -2.32. The molecule has 1 fully saturated rings. The molecule has 118 valence electrons. The van der Waals surface area contributed by atoms with Crippen LogP contribution in [0.4, 0.5) is 23.6 Å². The molecule has 1 saturated heterocycles. The van der Waals surface area contributed by atoms with E-state index in [1.165, 1.54) is 6.07 Å². The molecule has 2 atom stereocenters. The molecular formula is C13H10F4N2O3. The summed E-state index contributed by atoms with van der Waals surface area (Å²) in [7, 11) is 0. The molecule has 1 aliphatic heterocycles. The van der Waals surface area contributed by atoms with Crippen molar-refractivity contribution in [3.63, 3.8) is 0 Å². The van der Waals surface area contributed by atoms with Gasteiger partial charge >= 0.3 is 12.1 Å². The van der Waals surface area contributed by atoms with Crippen molar-refractivity contribution in [1.29, 1.82) is 0 Å². The van der Waals surface area contributed by atoms with E-state index in [1.54, 1.807) is 0 Å². The lowest BCUT2D eigenvalue weighted by atomic mass is 9.96. The monoisotopic (exact) mass is 318 g/mol. The summed E-state index contributed by atoms with van der Waals surface area (Å²) in [5.74, 6) is -5.67. The number of alkyl halides is 3. The molecule has 2 heterocycles. The van der Waals surface area contributed by atoms with Crippen molar-refractivity contribution in [1.82, 2.24) is 4.98 Å². The van der Waals surface area contributed by atoms with Gasteiger partial charge in [0.05, 0.1) is 11.8 Å². The molecule has 0 unspecified atom stereocenters. The van der Waals surface area contributed by atoms with Gasteiger partial charge in [-0.05, 0) is 12.1 Å². The van der Waals surface area contributed by atoms with Gasteiger partial charge in [0.15, 0.2) is 5.58 Å². The molecule has 0 spiro atoms. The first-order valence-electron chi connectivity index (χ1n) is 6.36. The fraction of sp³-hybridized carbons (Fsp3) is 0.385. The van der Waals surface area contributed by atoms with Gasteiger partial charge in [-0.3, -0.25) is 4.79 Å². The molecule has 1 aromatic carbocycles. The van der Waals surface area contributed by atoms with Crippen molar-refractivity contribution in [2.24, 2.45) is 11.8 Å². The molecule has 1 aliphatic rings. The molecule has 22 heavy (non-hydrogen) atoms. The molecule has 2 aromatic rings. The Kier molecular flexibility index (Phi) is 3.22. The molecular weight excluding hydrogens is 308 g/mol. The van der Waals surface area contributed by atoms with Crippen LogP contribution in [0.1, 0.15) is 0 Å². The maximum Gasteiger partial charge on any atom is 0.394 e. The Bertz CT molecular complexity index is 728. The second-order valence-corrected chi connectivity index (χ2v) is 5.11. The summed E-state index contributed by atoms with van der Waals surface area (Å²) in [4.78, 5) is 16.1. The Morgan fingerprint density at radius 3 is 2.68 bits per heavy atom. The molecule has 0 amide bonds. The number of aliphatic carboxylic acids is 1. The SMILES string of the molecule is O=C(O)[C@@H]1CN(c2nc3cc(F)ccc3o2)C[C@H]1C(F)(F)F. The van der Waals surface area contributed by atoms with Crippen LogP contribution in [0.2, 0.25) is 0 Å². The van der Waals surface area contributed by atoms with E-state index in [0.29, 0.717) is 0 Å². The summed E-state index contributed by atoms with van der Waals surface area (Å²) < 4.78 is 57.2. The van der Waals surface area contributed by atoms with Crippen LogP contribution in [0.15, 0.2) is 22.6 Å². The number of carbonyl (C=O) groups is 1. The van der Waals surface area contributed by atoms with Crippen LogP contribution in [-0.4, -0.2) is 35.3 Å². The zero-order chi connectivity index (χ0) is 16.1. The average molecular weight is 318 g/mol. The first kappa shape index (κ1) is 14.6. The van der Waals surface area contributed by atoms with Gasteiger partial charge in [-0.1, -0.05) is 0 Å². The number of nitrogens with zero attached hydrogens (tertiary/aromatic N) is 2. The highest BCUT2D eigenvalue weighted by molar-refractivity contribution is 5.75. The molecule has 5 nitrogen and oxygen atoms in total. The Balaban J connectivity index is 1.92. The number of carboxylic acids is 1. The van der Waals surface area contributed by atoms with Gasteiger partial charge in [0.25, 0.3) is 6.01 Å². The van der Waals surface area contributed by atoms with Crippen LogP contribution >= 0.6 is 0 Å². The van der Waals surface area contributed by atoms with Gasteiger partial charge in [-0.15, -0.1) is 0 Å². The van der Waals surface area contributed by atoms with Crippen molar-refractivity contribution in [2.45, 2.75) is 6.18 Å². The summed E-state index contributed by atoms with van der Waals surface area (Å²) in [6, 6.07) is 3.40. The quantitative estimate of drug-likeness (QED) is 0.862. The summed E-state index contributed by atoms with van der Waals surface area (Å²) in [5.41, 5.74) is 0.385. The molecule has 0 radical (unpaired) electrons. The summed E-state index contributed by atoms with van der Waals surface area (Å²) in [6.07, 6.45) is -4.63. The van der Waals surface area contributed by atoms with E-state index in [9.17, 15) is 22.4 Å². The van der Waals surface area contributed by atoms with Gasteiger partial charge < -0.3 is 14.4 Å². The van der Waals surface area contributed by atoms with E-state index in [2.05, 4.69) is 4.98 Å². The van der Waals surface area contributed by atoms with Gasteiger partial charge in [-0.2, -0.15) is 18.2 Å². The van der Waals surface area contributed by atoms with E-state index < -0.39 is 36.3 Å². The van der Waals surface area contributed by atoms with Crippen molar-refractivity contribution >= 4 is 23.1 Å². The lowest BCUT2D eigenvalue weighted by molar-refractivity contribution is -0.187. The molecule has 3 rings (SSSR count). The fourth-order valence-corrected chi connectivity index (χ4v) is 2.57. The number of benzene rings is 1. The maximum absolute atomic E-state index is 13.1. The third-order valence-corrected chi connectivity index (χ3v) is 3.67. The minimum atomic E-state index is -4.63. The highest BCUT2D eigenvalue weighted by Gasteiger charge is 2.53. The summed E-state index contributed by atoms with van der Waals surface area (Å²) in [6.45, 7) is -0.926. The molecule has 0 bridgehead atoms. The number of fused-ring (bicyclic) bond motifs is 1. The van der Waals surface area contributed by atoms with Gasteiger partial charge in [0.1, 0.15) is 11.3 Å². The van der Waals surface area contributed by atoms with Crippen LogP contribution in [-0.2, 0) is 4.79 Å². The average Bonchev–Trinajstić information content (AvgIpc) is 3.00. The normalized spacial score (nSPS) is 22.5. The number of halogens is 4. The minimum Gasteiger partial charge on any atom is -0.481 e. The van der Waals surface area contributed by atoms with Crippen LogP contribution < -0.4 is 4.90 Å². The van der Waals surface area contributed by atoms with Crippen molar-refractivity contribution in [2.75, 3.05) is 18.0 Å². The van der Waals surface area contributed by atoms with Crippen LogP contribution in [0.25, 0.3) is 11.1 Å². The zero-order valence-electron chi connectivity index (χ0n) is 11.0. The molecule has 0 aliphatic carbocycles. The van der Waals surface area contributed by atoms with Gasteiger partial charge in [0, 0.05) is 19.2 Å². The van der Waals surface area contributed by atoms with E-state index in [-0.39, 0.29) is 23.7 Å². The minimum absolute atomic E-state index is 0.140. The molecule has 1 aromatic heterocycles. The van der Waals surface area contributed by atoms with Crippen molar-refractivity contribution < 1.29 is 31.9 Å². The lowest BCUT2D eigenvalue weighted by Crippen LogP contribution is -2.33. The van der Waals surface area contributed by atoms with Gasteiger partial charge in [-0.25, -0.2) is 4.39 Å². The number of rotatable bonds is 2. The predicted molar refractivity (Wildman–Crippen MR) is 66.9 cm³/mol. The summed E-state index contributed by atoms with van der Waals surface area (Å²) >= 11 is 0. The Labute approximate surface area is 121 Å². The molecule has 0 saturated carbocycles. The highest BCUT2D eigenvalue weighted by Crippen LogP contribution is 2.39. The third kappa shape index (κ3) is 2.46. The Morgan fingerprint density at radius 1 is 1.36 bits per heavy atom. The fourth-order valence-electron chi connectivity index (χ4n) is 2.57. The highest BCUT2D eigenvalue weighted by atomic mass is 19.4. The molecule has 9 heteroatoms. The largest absolute Gasteiger partial charge is 0.481 e. The van der Waals surface area contributed by atoms with Crippen LogP contribution in [0.3, 0.4) is 0 Å². The van der Waals surface area contributed by atoms with Crippen molar-refractivity contribution in [3.8, 4) is 0 Å². The maximum atomic E-state index is 13.1. The molecule has 1 N–H and O–H groups in total. The standard InChI is InChI=1S/C13H10F4N2O3/c14-6-1-2-10-9(3-6)18-12(22-10)19-4-7(11(20)21)8(5-19)13(15,16)17/h1-3,7-8H,4-5H2,(H,20,21)/t7-,8-/m1/s1. The first-order chi connectivity index (χ1) is 10.3. The first-order valence-corrected chi connectivity index (χ1v) is 6.36. The smallest absolute Gasteiger partial charge is 0.394 e. The number of hydrogen-bond donors (Lipinski definition) is 1. The van der Waals surface area contributed by atoms with Crippen LogP contribution in [0.5, 0.6) is 0 Å². The van der Waals surface area contributed by atoms with Crippen LogP contribution in [0, 0.1) is 17.7 Å². The second kappa shape index (κ2) is 4.85. The topological polar surface area (TPSA) is 66.6 Å². The van der Waals surface area contributed by atoms with Gasteiger partial charge in [0.2, 0.25) is 0 Å². The van der Waals surface area contributed by atoms with E-state index in [4.69, 9.17) is 9.52 Å². The number of aromatic nitrogens is 1. The zero-order valence-corrected chi connectivity index (χ0v) is 11.0. The second-order valence-electron chi connectivity index (χ2n) is 5.11. The van der Waals surface area contributed by atoms with E-state index in [1.807, 2.05) is 0 Å². The number of carboxylic acid groups (broad SMARTS) is 1. The predicted octanol–water partition coefficient (Wildman–Crippen LogP) is 2.67.